The van der Waals surface area contributed by atoms with Crippen molar-refractivity contribution in [3.63, 3.8) is 0 Å². The fourth-order valence-electron chi connectivity index (χ4n) is 4.15. The Morgan fingerprint density at radius 1 is 0.960 bits per heavy atom. The molecule has 0 radical (unpaired) electrons. The third-order valence-electron chi connectivity index (χ3n) is 5.57. The first-order chi connectivity index (χ1) is 12.1. The molecule has 0 aliphatic carbocycles. The van der Waals surface area contributed by atoms with Crippen LogP contribution in [0.4, 0.5) is 0 Å². The SMILES string of the molecule is Cc1ccc(CCCn2c3c(c4cc(C)ccc42)CN(C)CC3)cc1. The fraction of sp³-hybridized carbons (Fsp3) is 0.391. The molecule has 3 aromatic rings. The van der Waals surface area contributed by atoms with E-state index in [1.54, 1.807) is 11.3 Å². The summed E-state index contributed by atoms with van der Waals surface area (Å²) in [6.45, 7) is 7.72. The predicted molar refractivity (Wildman–Crippen MR) is 106 cm³/mol. The largest absolute Gasteiger partial charge is 0.344 e. The summed E-state index contributed by atoms with van der Waals surface area (Å²) in [6, 6.07) is 16.0. The highest BCUT2D eigenvalue weighted by atomic mass is 15.1. The molecule has 1 aliphatic heterocycles. The smallest absolute Gasteiger partial charge is 0.0486 e. The first-order valence-electron chi connectivity index (χ1n) is 9.46. The maximum absolute atomic E-state index is 2.60. The lowest BCUT2D eigenvalue weighted by Crippen LogP contribution is -2.27. The minimum absolute atomic E-state index is 1.08. The van der Waals surface area contributed by atoms with E-state index in [0.29, 0.717) is 0 Å². The van der Waals surface area contributed by atoms with Gasteiger partial charge in [-0.1, -0.05) is 41.5 Å². The molecule has 0 N–H and O–H groups in total. The van der Waals surface area contributed by atoms with E-state index in [1.165, 1.54) is 47.0 Å². The van der Waals surface area contributed by atoms with Crippen molar-refractivity contribution in [2.75, 3.05) is 13.6 Å². The standard InChI is InChI=1S/C23H28N2/c1-17-6-9-19(10-7-17)5-4-13-25-22-11-8-18(2)15-20(22)21-16-24(3)14-12-23(21)25/h6-11,15H,4-5,12-14,16H2,1-3H3. The molecule has 4 rings (SSSR count). The van der Waals surface area contributed by atoms with Crippen LogP contribution in [-0.2, 0) is 25.9 Å². The highest BCUT2D eigenvalue weighted by Gasteiger charge is 2.22. The molecule has 0 saturated carbocycles. The number of aromatic nitrogens is 1. The van der Waals surface area contributed by atoms with Gasteiger partial charge in [0.05, 0.1) is 0 Å². The molecule has 0 saturated heterocycles. The molecule has 0 bridgehead atoms. The molecule has 2 nitrogen and oxygen atoms in total. The second kappa shape index (κ2) is 6.68. The summed E-state index contributed by atoms with van der Waals surface area (Å²) in [4.78, 5) is 2.45. The molecular weight excluding hydrogens is 304 g/mol. The van der Waals surface area contributed by atoms with Crippen molar-refractivity contribution in [3.05, 3.63) is 70.4 Å². The Morgan fingerprint density at radius 2 is 1.72 bits per heavy atom. The molecule has 2 aromatic carbocycles. The number of rotatable bonds is 4. The number of nitrogens with zero attached hydrogens (tertiary/aromatic N) is 2. The topological polar surface area (TPSA) is 8.17 Å². The van der Waals surface area contributed by atoms with Gasteiger partial charge in [0.1, 0.15) is 0 Å². The van der Waals surface area contributed by atoms with Gasteiger partial charge in [0.15, 0.2) is 0 Å². The maximum atomic E-state index is 2.60. The quantitative estimate of drug-likeness (QED) is 0.661. The van der Waals surface area contributed by atoms with Gasteiger partial charge >= 0.3 is 0 Å². The average molecular weight is 332 g/mol. The Kier molecular flexibility index (Phi) is 4.39. The van der Waals surface area contributed by atoms with Crippen molar-refractivity contribution < 1.29 is 0 Å². The minimum Gasteiger partial charge on any atom is -0.344 e. The Balaban J connectivity index is 1.61. The lowest BCUT2D eigenvalue weighted by atomic mass is 10.0. The van der Waals surface area contributed by atoms with Crippen molar-refractivity contribution in [2.45, 2.75) is 46.2 Å². The van der Waals surface area contributed by atoms with Gasteiger partial charge in [0, 0.05) is 42.7 Å². The van der Waals surface area contributed by atoms with Gasteiger partial charge in [-0.2, -0.15) is 0 Å². The monoisotopic (exact) mass is 332 g/mol. The van der Waals surface area contributed by atoms with E-state index in [-0.39, 0.29) is 0 Å². The van der Waals surface area contributed by atoms with Gasteiger partial charge in [-0.25, -0.2) is 0 Å². The van der Waals surface area contributed by atoms with E-state index in [0.717, 1.165) is 19.5 Å². The summed E-state index contributed by atoms with van der Waals surface area (Å²) in [6.07, 6.45) is 3.52. The highest BCUT2D eigenvalue weighted by molar-refractivity contribution is 5.86. The fourth-order valence-corrected chi connectivity index (χ4v) is 4.15. The highest BCUT2D eigenvalue weighted by Crippen LogP contribution is 2.31. The van der Waals surface area contributed by atoms with E-state index in [9.17, 15) is 0 Å². The van der Waals surface area contributed by atoms with Crippen molar-refractivity contribution in [2.24, 2.45) is 0 Å². The Morgan fingerprint density at radius 3 is 2.52 bits per heavy atom. The van der Waals surface area contributed by atoms with Crippen LogP contribution in [0, 0.1) is 13.8 Å². The first-order valence-corrected chi connectivity index (χ1v) is 9.46. The number of fused-ring (bicyclic) bond motifs is 3. The number of likely N-dealkylation sites (N-methyl/N-ethyl adjacent to an activating group) is 1. The number of hydrogen-bond donors (Lipinski definition) is 0. The lowest BCUT2D eigenvalue weighted by Gasteiger charge is -2.24. The zero-order valence-corrected chi connectivity index (χ0v) is 15.7. The first kappa shape index (κ1) is 16.4. The van der Waals surface area contributed by atoms with Gasteiger partial charge in [-0.05, 0) is 57.0 Å². The van der Waals surface area contributed by atoms with Crippen molar-refractivity contribution in [3.8, 4) is 0 Å². The number of hydrogen-bond acceptors (Lipinski definition) is 1. The van der Waals surface area contributed by atoms with E-state index in [2.05, 4.69) is 72.8 Å². The second-order valence-electron chi connectivity index (χ2n) is 7.67. The summed E-state index contributed by atoms with van der Waals surface area (Å²) in [5, 5.41) is 1.47. The molecule has 25 heavy (non-hydrogen) atoms. The summed E-state index contributed by atoms with van der Waals surface area (Å²) in [5.74, 6) is 0. The van der Waals surface area contributed by atoms with E-state index < -0.39 is 0 Å². The van der Waals surface area contributed by atoms with E-state index >= 15 is 0 Å². The molecule has 0 atom stereocenters. The predicted octanol–water partition coefficient (Wildman–Crippen LogP) is 4.88. The second-order valence-corrected chi connectivity index (χ2v) is 7.67. The Hall–Kier alpha value is -2.06. The zero-order chi connectivity index (χ0) is 17.4. The van der Waals surface area contributed by atoms with Gasteiger partial charge < -0.3 is 9.47 Å². The molecule has 0 amide bonds. The normalized spacial score (nSPS) is 14.8. The zero-order valence-electron chi connectivity index (χ0n) is 15.7. The van der Waals surface area contributed by atoms with E-state index in [4.69, 9.17) is 0 Å². The van der Waals surface area contributed by atoms with Crippen LogP contribution in [0.3, 0.4) is 0 Å². The van der Waals surface area contributed by atoms with Gasteiger partial charge in [0.25, 0.3) is 0 Å². The van der Waals surface area contributed by atoms with Gasteiger partial charge in [-0.15, -0.1) is 0 Å². The van der Waals surface area contributed by atoms with Crippen LogP contribution in [0.5, 0.6) is 0 Å². The van der Waals surface area contributed by atoms with Crippen LogP contribution in [-0.4, -0.2) is 23.1 Å². The van der Waals surface area contributed by atoms with Crippen molar-refractivity contribution in [1.29, 1.82) is 0 Å². The molecule has 130 valence electrons. The maximum Gasteiger partial charge on any atom is 0.0486 e. The van der Waals surface area contributed by atoms with E-state index in [1.807, 2.05) is 0 Å². The average Bonchev–Trinajstić information content (AvgIpc) is 2.89. The molecule has 0 spiro atoms. The van der Waals surface area contributed by atoms with Crippen LogP contribution in [0.25, 0.3) is 10.9 Å². The Labute approximate surface area is 151 Å². The molecule has 0 fully saturated rings. The minimum atomic E-state index is 1.08. The summed E-state index contributed by atoms with van der Waals surface area (Å²) >= 11 is 0. The van der Waals surface area contributed by atoms with Crippen molar-refractivity contribution >= 4 is 10.9 Å². The summed E-state index contributed by atoms with van der Waals surface area (Å²) in [5.41, 5.74) is 8.71. The molecule has 1 aromatic heterocycles. The molecule has 2 heterocycles. The molecule has 2 heteroatoms. The van der Waals surface area contributed by atoms with Crippen LogP contribution in [0.2, 0.25) is 0 Å². The third kappa shape index (κ3) is 3.23. The summed E-state index contributed by atoms with van der Waals surface area (Å²) in [7, 11) is 2.24. The van der Waals surface area contributed by atoms with Crippen LogP contribution in [0.15, 0.2) is 42.5 Å². The number of aryl methyl sites for hydroxylation is 4. The van der Waals surface area contributed by atoms with Gasteiger partial charge in [0.2, 0.25) is 0 Å². The lowest BCUT2D eigenvalue weighted by molar-refractivity contribution is 0.309. The third-order valence-corrected chi connectivity index (χ3v) is 5.57. The molecule has 0 unspecified atom stereocenters. The van der Waals surface area contributed by atoms with Crippen LogP contribution < -0.4 is 0 Å². The summed E-state index contributed by atoms with van der Waals surface area (Å²) < 4.78 is 2.60. The van der Waals surface area contributed by atoms with Gasteiger partial charge in [-0.3, -0.25) is 0 Å². The Bertz CT molecular complexity index is 887. The van der Waals surface area contributed by atoms with Crippen molar-refractivity contribution in [1.82, 2.24) is 9.47 Å². The van der Waals surface area contributed by atoms with Crippen LogP contribution >= 0.6 is 0 Å². The molecular formula is C23H28N2. The number of benzene rings is 2. The van der Waals surface area contributed by atoms with Crippen LogP contribution in [0.1, 0.15) is 34.4 Å². The molecule has 1 aliphatic rings.